The summed E-state index contributed by atoms with van der Waals surface area (Å²) in [5.74, 6) is -0.254. The van der Waals surface area contributed by atoms with Gasteiger partial charge in [0.05, 0.1) is 11.1 Å². The van der Waals surface area contributed by atoms with Crippen molar-refractivity contribution in [2.24, 2.45) is 11.1 Å². The highest BCUT2D eigenvalue weighted by atomic mass is 79.9. The van der Waals surface area contributed by atoms with Crippen molar-refractivity contribution < 1.29 is 9.59 Å². The molecule has 0 aliphatic carbocycles. The SMILES string of the molecule is CCC1(C(N)=O)CCN(C(=O)Nc2ccccc2Br)CC1. The Labute approximate surface area is 133 Å². The molecular formula is C15H20BrN3O2. The molecule has 0 aromatic heterocycles. The average Bonchev–Trinajstić information content (AvgIpc) is 2.49. The normalized spacial score (nSPS) is 17.3. The van der Waals surface area contributed by atoms with Gasteiger partial charge in [-0.2, -0.15) is 0 Å². The highest BCUT2D eigenvalue weighted by Gasteiger charge is 2.39. The van der Waals surface area contributed by atoms with Crippen molar-refractivity contribution in [3.8, 4) is 0 Å². The Balaban J connectivity index is 1.98. The summed E-state index contributed by atoms with van der Waals surface area (Å²) in [4.78, 5) is 25.6. The molecular weight excluding hydrogens is 334 g/mol. The molecule has 2 rings (SSSR count). The van der Waals surface area contributed by atoms with E-state index in [4.69, 9.17) is 5.73 Å². The second kappa shape index (κ2) is 6.47. The van der Waals surface area contributed by atoms with Gasteiger partial charge in [0.15, 0.2) is 0 Å². The number of amides is 3. The van der Waals surface area contributed by atoms with Gasteiger partial charge >= 0.3 is 6.03 Å². The van der Waals surface area contributed by atoms with Gasteiger partial charge in [-0.1, -0.05) is 19.1 Å². The first-order chi connectivity index (χ1) is 9.98. The Kier molecular flexibility index (Phi) is 4.88. The average molecular weight is 354 g/mol. The van der Waals surface area contributed by atoms with Crippen LogP contribution in [0.2, 0.25) is 0 Å². The molecule has 1 heterocycles. The highest BCUT2D eigenvalue weighted by molar-refractivity contribution is 9.10. The minimum Gasteiger partial charge on any atom is -0.369 e. The van der Waals surface area contributed by atoms with Crippen LogP contribution in [0.25, 0.3) is 0 Å². The second-order valence-electron chi connectivity index (χ2n) is 5.40. The van der Waals surface area contributed by atoms with Crippen LogP contribution in [0.3, 0.4) is 0 Å². The van der Waals surface area contributed by atoms with Gasteiger partial charge in [-0.25, -0.2) is 4.79 Å². The van der Waals surface area contributed by atoms with E-state index in [0.717, 1.165) is 16.6 Å². The molecule has 6 heteroatoms. The van der Waals surface area contributed by atoms with E-state index in [1.54, 1.807) is 4.90 Å². The third-order valence-electron chi connectivity index (χ3n) is 4.32. The lowest BCUT2D eigenvalue weighted by atomic mass is 9.75. The van der Waals surface area contributed by atoms with Crippen LogP contribution >= 0.6 is 15.9 Å². The third-order valence-corrected chi connectivity index (χ3v) is 5.01. The number of nitrogens with one attached hydrogen (secondary N) is 1. The van der Waals surface area contributed by atoms with Crippen LogP contribution in [0, 0.1) is 5.41 Å². The molecule has 114 valence electrons. The molecule has 1 aromatic carbocycles. The van der Waals surface area contributed by atoms with Crippen molar-refractivity contribution in [1.82, 2.24) is 4.90 Å². The number of urea groups is 1. The molecule has 1 saturated heterocycles. The number of benzene rings is 1. The van der Waals surface area contributed by atoms with E-state index in [0.29, 0.717) is 25.9 Å². The fourth-order valence-electron chi connectivity index (χ4n) is 2.67. The van der Waals surface area contributed by atoms with E-state index < -0.39 is 5.41 Å². The van der Waals surface area contributed by atoms with Gasteiger partial charge in [0.1, 0.15) is 0 Å². The number of para-hydroxylation sites is 1. The van der Waals surface area contributed by atoms with E-state index >= 15 is 0 Å². The van der Waals surface area contributed by atoms with E-state index in [1.165, 1.54) is 0 Å². The summed E-state index contributed by atoms with van der Waals surface area (Å²) < 4.78 is 0.843. The minimum absolute atomic E-state index is 0.143. The number of rotatable bonds is 3. The number of primary amides is 1. The van der Waals surface area contributed by atoms with Gasteiger partial charge in [0.2, 0.25) is 5.91 Å². The number of carbonyl (C=O) groups is 2. The molecule has 0 bridgehead atoms. The quantitative estimate of drug-likeness (QED) is 0.876. The Hall–Kier alpha value is -1.56. The van der Waals surface area contributed by atoms with Gasteiger partial charge in [-0.05, 0) is 47.3 Å². The summed E-state index contributed by atoms with van der Waals surface area (Å²) in [5, 5.41) is 2.88. The largest absolute Gasteiger partial charge is 0.369 e. The van der Waals surface area contributed by atoms with Gasteiger partial charge in [0, 0.05) is 17.6 Å². The number of anilines is 1. The molecule has 1 aliphatic rings. The monoisotopic (exact) mass is 353 g/mol. The molecule has 0 atom stereocenters. The maximum atomic E-state index is 12.3. The van der Waals surface area contributed by atoms with Crippen LogP contribution < -0.4 is 11.1 Å². The summed E-state index contributed by atoms with van der Waals surface area (Å²) in [5.41, 5.74) is 5.80. The number of halogens is 1. The number of hydrogen-bond donors (Lipinski definition) is 2. The molecule has 5 nitrogen and oxygen atoms in total. The van der Waals surface area contributed by atoms with Crippen molar-refractivity contribution in [3.05, 3.63) is 28.7 Å². The number of nitrogens with zero attached hydrogens (tertiary/aromatic N) is 1. The summed E-state index contributed by atoms with van der Waals surface area (Å²) in [6, 6.07) is 7.33. The van der Waals surface area contributed by atoms with Gasteiger partial charge in [-0.3, -0.25) is 4.79 Å². The first kappa shape index (κ1) is 15.8. The van der Waals surface area contributed by atoms with Crippen molar-refractivity contribution in [2.45, 2.75) is 26.2 Å². The second-order valence-corrected chi connectivity index (χ2v) is 6.25. The molecule has 3 N–H and O–H groups in total. The van der Waals surface area contributed by atoms with Crippen molar-refractivity contribution in [3.63, 3.8) is 0 Å². The number of likely N-dealkylation sites (tertiary alicyclic amines) is 1. The smallest absolute Gasteiger partial charge is 0.321 e. The summed E-state index contributed by atoms with van der Waals surface area (Å²) in [6.07, 6.45) is 1.98. The summed E-state index contributed by atoms with van der Waals surface area (Å²) in [6.45, 7) is 3.07. The van der Waals surface area contributed by atoms with Crippen LogP contribution in [0.15, 0.2) is 28.7 Å². The third kappa shape index (κ3) is 3.37. The number of piperidine rings is 1. The van der Waals surface area contributed by atoms with Crippen LogP contribution in [0.5, 0.6) is 0 Å². The molecule has 1 aliphatic heterocycles. The maximum absolute atomic E-state index is 12.3. The van der Waals surface area contributed by atoms with Crippen molar-refractivity contribution in [2.75, 3.05) is 18.4 Å². The van der Waals surface area contributed by atoms with Crippen molar-refractivity contribution in [1.29, 1.82) is 0 Å². The van der Waals surface area contributed by atoms with Crippen LogP contribution in [-0.2, 0) is 4.79 Å². The maximum Gasteiger partial charge on any atom is 0.321 e. The summed E-state index contributed by atoms with van der Waals surface area (Å²) >= 11 is 3.40. The predicted molar refractivity (Wildman–Crippen MR) is 85.9 cm³/mol. The van der Waals surface area contributed by atoms with Crippen LogP contribution in [-0.4, -0.2) is 29.9 Å². The lowest BCUT2D eigenvalue weighted by Crippen LogP contribution is -2.49. The standard InChI is InChI=1S/C15H20BrN3O2/c1-2-15(13(17)20)7-9-19(10-8-15)14(21)18-12-6-4-3-5-11(12)16/h3-6H,2,7-10H2,1H3,(H2,17,20)(H,18,21). The zero-order chi connectivity index (χ0) is 15.5. The van der Waals surface area contributed by atoms with Crippen LogP contribution in [0.1, 0.15) is 26.2 Å². The van der Waals surface area contributed by atoms with E-state index in [-0.39, 0.29) is 11.9 Å². The topological polar surface area (TPSA) is 75.4 Å². The zero-order valence-electron chi connectivity index (χ0n) is 12.1. The lowest BCUT2D eigenvalue weighted by molar-refractivity contribution is -0.130. The van der Waals surface area contributed by atoms with Gasteiger partial charge < -0.3 is 16.0 Å². The first-order valence-corrected chi connectivity index (χ1v) is 7.88. The van der Waals surface area contributed by atoms with E-state index in [1.807, 2.05) is 31.2 Å². The Morgan fingerprint density at radius 1 is 1.33 bits per heavy atom. The Morgan fingerprint density at radius 2 is 1.95 bits per heavy atom. The number of hydrogen-bond acceptors (Lipinski definition) is 2. The minimum atomic E-state index is -0.454. The number of carbonyl (C=O) groups excluding carboxylic acids is 2. The van der Waals surface area contributed by atoms with E-state index in [9.17, 15) is 9.59 Å². The van der Waals surface area contributed by atoms with Crippen molar-refractivity contribution >= 4 is 33.6 Å². The summed E-state index contributed by atoms with van der Waals surface area (Å²) in [7, 11) is 0. The zero-order valence-corrected chi connectivity index (χ0v) is 13.6. The Bertz CT molecular complexity index is 539. The lowest BCUT2D eigenvalue weighted by Gasteiger charge is -2.39. The molecule has 1 fully saturated rings. The fraction of sp³-hybridized carbons (Fsp3) is 0.467. The van der Waals surface area contributed by atoms with Crippen LogP contribution in [0.4, 0.5) is 10.5 Å². The molecule has 0 spiro atoms. The first-order valence-electron chi connectivity index (χ1n) is 7.09. The Morgan fingerprint density at radius 3 is 2.48 bits per heavy atom. The van der Waals surface area contributed by atoms with Gasteiger partial charge in [0.25, 0.3) is 0 Å². The molecule has 0 unspecified atom stereocenters. The van der Waals surface area contributed by atoms with E-state index in [2.05, 4.69) is 21.2 Å². The number of nitrogens with two attached hydrogens (primary N) is 1. The molecule has 0 saturated carbocycles. The highest BCUT2D eigenvalue weighted by Crippen LogP contribution is 2.34. The molecule has 0 radical (unpaired) electrons. The molecule has 21 heavy (non-hydrogen) atoms. The fourth-order valence-corrected chi connectivity index (χ4v) is 3.05. The molecule has 3 amide bonds. The van der Waals surface area contributed by atoms with Gasteiger partial charge in [-0.15, -0.1) is 0 Å². The predicted octanol–water partition coefficient (Wildman–Crippen LogP) is 2.96. The molecule has 1 aromatic rings.